The van der Waals surface area contributed by atoms with E-state index in [0.717, 1.165) is 30.4 Å². The van der Waals surface area contributed by atoms with Gasteiger partial charge in [-0.05, 0) is 68.5 Å². The summed E-state index contributed by atoms with van der Waals surface area (Å²) >= 11 is 0. The maximum absolute atomic E-state index is 13.1. The lowest BCUT2D eigenvalue weighted by Crippen LogP contribution is -2.36. The van der Waals surface area contributed by atoms with Gasteiger partial charge in [-0.1, -0.05) is 31.2 Å². The molecule has 2 atom stereocenters. The van der Waals surface area contributed by atoms with Crippen LogP contribution in [-0.4, -0.2) is 47.1 Å². The first-order chi connectivity index (χ1) is 15.9. The first-order valence-electron chi connectivity index (χ1n) is 11.6. The van der Waals surface area contributed by atoms with E-state index >= 15 is 0 Å². The van der Waals surface area contributed by atoms with E-state index in [1.54, 1.807) is 29.2 Å². The number of aryl methyl sites for hydroxylation is 1. The summed E-state index contributed by atoms with van der Waals surface area (Å²) in [4.78, 5) is 27.8. The first kappa shape index (κ1) is 23.1. The third-order valence-electron chi connectivity index (χ3n) is 6.17. The molecule has 1 amide bonds. The van der Waals surface area contributed by atoms with Crippen molar-refractivity contribution in [3.63, 3.8) is 0 Å². The van der Waals surface area contributed by atoms with E-state index in [9.17, 15) is 14.7 Å². The van der Waals surface area contributed by atoms with Gasteiger partial charge in [0.2, 0.25) is 0 Å². The monoisotopic (exact) mass is 449 g/mol. The van der Waals surface area contributed by atoms with Gasteiger partial charge in [0.25, 0.3) is 11.7 Å². The van der Waals surface area contributed by atoms with Gasteiger partial charge in [-0.15, -0.1) is 0 Å². The summed E-state index contributed by atoms with van der Waals surface area (Å²) in [5, 5.41) is 11.2. The maximum Gasteiger partial charge on any atom is 0.295 e. The van der Waals surface area contributed by atoms with Crippen molar-refractivity contribution in [2.75, 3.05) is 13.2 Å². The molecule has 2 fully saturated rings. The zero-order valence-electron chi connectivity index (χ0n) is 19.4. The third kappa shape index (κ3) is 4.81. The fourth-order valence-corrected chi connectivity index (χ4v) is 4.48. The molecule has 2 aromatic rings. The number of amides is 1. The Morgan fingerprint density at radius 2 is 1.82 bits per heavy atom. The normalized spacial score (nSPS) is 22.4. The molecule has 0 radical (unpaired) electrons. The van der Waals surface area contributed by atoms with Crippen molar-refractivity contribution < 1.29 is 24.2 Å². The molecule has 33 heavy (non-hydrogen) atoms. The minimum atomic E-state index is -0.669. The Balaban J connectivity index is 1.75. The summed E-state index contributed by atoms with van der Waals surface area (Å²) < 4.78 is 11.4. The van der Waals surface area contributed by atoms with Crippen LogP contribution in [-0.2, 0) is 20.7 Å². The topological polar surface area (TPSA) is 76.1 Å². The minimum Gasteiger partial charge on any atom is -0.507 e. The van der Waals surface area contributed by atoms with Crippen LogP contribution in [0.1, 0.15) is 56.3 Å². The number of carbonyl (C=O) groups excluding carboxylic acids is 2. The molecule has 2 aliphatic rings. The number of hydrogen-bond acceptors (Lipinski definition) is 5. The van der Waals surface area contributed by atoms with Crippen LogP contribution in [0.2, 0.25) is 0 Å². The number of ketones is 1. The van der Waals surface area contributed by atoms with Gasteiger partial charge in [-0.2, -0.15) is 0 Å². The highest BCUT2D eigenvalue weighted by atomic mass is 16.5. The Hall–Kier alpha value is -3.12. The Labute approximate surface area is 194 Å². The van der Waals surface area contributed by atoms with Crippen molar-refractivity contribution in [2.24, 2.45) is 0 Å². The summed E-state index contributed by atoms with van der Waals surface area (Å²) in [6, 6.07) is 14.1. The number of rotatable bonds is 7. The van der Waals surface area contributed by atoms with E-state index in [0.29, 0.717) is 24.5 Å². The van der Waals surface area contributed by atoms with E-state index in [1.165, 1.54) is 0 Å². The number of Topliss-reactive ketones (excluding diaryl/α,β-unsaturated/α-hetero) is 1. The SMILES string of the molecule is CCc1ccc(C2/C(=C(/O)c3ccc(OC(C)C)cc3)C(=O)C(=O)N2CC2CCCO2)cc1. The van der Waals surface area contributed by atoms with Crippen molar-refractivity contribution in [3.8, 4) is 5.75 Å². The quantitative estimate of drug-likeness (QED) is 0.379. The molecule has 0 saturated carbocycles. The van der Waals surface area contributed by atoms with Crippen molar-refractivity contribution in [3.05, 3.63) is 70.8 Å². The number of aliphatic hydroxyl groups excluding tert-OH is 1. The molecule has 2 unspecified atom stereocenters. The lowest BCUT2D eigenvalue weighted by molar-refractivity contribution is -0.140. The molecular weight excluding hydrogens is 418 g/mol. The summed E-state index contributed by atoms with van der Waals surface area (Å²) in [5.41, 5.74) is 2.54. The summed E-state index contributed by atoms with van der Waals surface area (Å²) in [6.45, 7) is 6.93. The van der Waals surface area contributed by atoms with Crippen molar-refractivity contribution in [2.45, 2.75) is 58.3 Å². The average molecular weight is 450 g/mol. The second-order valence-corrected chi connectivity index (χ2v) is 8.87. The fourth-order valence-electron chi connectivity index (χ4n) is 4.48. The first-order valence-corrected chi connectivity index (χ1v) is 11.6. The second kappa shape index (κ2) is 9.79. The van der Waals surface area contributed by atoms with Gasteiger partial charge in [0.1, 0.15) is 11.5 Å². The molecule has 2 saturated heterocycles. The summed E-state index contributed by atoms with van der Waals surface area (Å²) in [6.07, 6.45) is 2.60. The molecule has 0 bridgehead atoms. The predicted molar refractivity (Wildman–Crippen MR) is 126 cm³/mol. The van der Waals surface area contributed by atoms with Crippen LogP contribution < -0.4 is 4.74 Å². The van der Waals surface area contributed by atoms with Crippen LogP contribution in [0.15, 0.2) is 54.1 Å². The zero-order valence-corrected chi connectivity index (χ0v) is 19.4. The predicted octanol–water partition coefficient (Wildman–Crippen LogP) is 4.64. The molecule has 0 aromatic heterocycles. The standard InChI is InChI=1S/C27H31NO5/c1-4-18-7-9-19(10-8-18)24-23(25(29)20-11-13-21(14-12-20)33-17(2)3)26(30)27(31)28(24)16-22-6-5-15-32-22/h7-14,17,22,24,29H,4-6,15-16H2,1-3H3/b25-23-. The molecule has 0 aliphatic carbocycles. The van der Waals surface area contributed by atoms with Gasteiger partial charge in [0.05, 0.1) is 23.8 Å². The van der Waals surface area contributed by atoms with E-state index < -0.39 is 17.7 Å². The Morgan fingerprint density at radius 3 is 2.39 bits per heavy atom. The summed E-state index contributed by atoms with van der Waals surface area (Å²) in [7, 11) is 0. The van der Waals surface area contributed by atoms with Crippen molar-refractivity contribution in [1.29, 1.82) is 0 Å². The van der Waals surface area contributed by atoms with Crippen LogP contribution in [0.3, 0.4) is 0 Å². The number of likely N-dealkylation sites (tertiary alicyclic amines) is 1. The van der Waals surface area contributed by atoms with Crippen LogP contribution in [0.25, 0.3) is 5.76 Å². The van der Waals surface area contributed by atoms with Gasteiger partial charge >= 0.3 is 0 Å². The van der Waals surface area contributed by atoms with Gasteiger partial charge in [0, 0.05) is 18.7 Å². The molecule has 2 aromatic carbocycles. The molecule has 2 aliphatic heterocycles. The minimum absolute atomic E-state index is 0.0265. The van der Waals surface area contributed by atoms with Crippen molar-refractivity contribution >= 4 is 17.4 Å². The lowest BCUT2D eigenvalue weighted by Gasteiger charge is -2.27. The van der Waals surface area contributed by atoms with Crippen LogP contribution >= 0.6 is 0 Å². The van der Waals surface area contributed by atoms with Crippen LogP contribution in [0.4, 0.5) is 0 Å². The van der Waals surface area contributed by atoms with Crippen molar-refractivity contribution in [1.82, 2.24) is 4.90 Å². The second-order valence-electron chi connectivity index (χ2n) is 8.87. The fraction of sp³-hybridized carbons (Fsp3) is 0.407. The molecule has 6 nitrogen and oxygen atoms in total. The number of hydrogen-bond donors (Lipinski definition) is 1. The van der Waals surface area contributed by atoms with E-state index in [2.05, 4.69) is 6.92 Å². The molecule has 174 valence electrons. The zero-order chi connectivity index (χ0) is 23.5. The molecule has 6 heteroatoms. The van der Waals surface area contributed by atoms with Crippen LogP contribution in [0, 0.1) is 0 Å². The molecule has 4 rings (SSSR count). The van der Waals surface area contributed by atoms with Gasteiger partial charge in [-0.25, -0.2) is 0 Å². The highest BCUT2D eigenvalue weighted by Crippen LogP contribution is 2.40. The van der Waals surface area contributed by atoms with E-state index in [-0.39, 0.29) is 23.5 Å². The smallest absolute Gasteiger partial charge is 0.295 e. The number of benzene rings is 2. The maximum atomic E-state index is 13.1. The van der Waals surface area contributed by atoms with Gasteiger partial charge < -0.3 is 19.5 Å². The van der Waals surface area contributed by atoms with Crippen LogP contribution in [0.5, 0.6) is 5.75 Å². The molecule has 1 N–H and O–H groups in total. The molecular formula is C27H31NO5. The Bertz CT molecular complexity index is 1030. The number of aliphatic hydroxyl groups is 1. The summed E-state index contributed by atoms with van der Waals surface area (Å²) in [5.74, 6) is -0.773. The van der Waals surface area contributed by atoms with E-state index in [1.807, 2.05) is 38.1 Å². The van der Waals surface area contributed by atoms with Gasteiger partial charge in [-0.3, -0.25) is 9.59 Å². The Morgan fingerprint density at radius 1 is 1.12 bits per heavy atom. The largest absolute Gasteiger partial charge is 0.507 e. The molecule has 2 heterocycles. The third-order valence-corrected chi connectivity index (χ3v) is 6.17. The number of ether oxygens (including phenoxy) is 2. The average Bonchev–Trinajstić information content (AvgIpc) is 3.41. The number of nitrogens with zero attached hydrogens (tertiary/aromatic N) is 1. The Kier molecular flexibility index (Phi) is 6.84. The van der Waals surface area contributed by atoms with Gasteiger partial charge in [0.15, 0.2) is 0 Å². The number of carbonyl (C=O) groups is 2. The highest BCUT2D eigenvalue weighted by Gasteiger charge is 2.47. The lowest BCUT2D eigenvalue weighted by atomic mass is 9.94. The molecule has 0 spiro atoms. The van der Waals surface area contributed by atoms with E-state index in [4.69, 9.17) is 9.47 Å². The highest BCUT2D eigenvalue weighted by molar-refractivity contribution is 6.46.